The number of amides is 1. The van der Waals surface area contributed by atoms with E-state index in [2.05, 4.69) is 10.3 Å². The highest BCUT2D eigenvalue weighted by Crippen LogP contribution is 2.37. The predicted molar refractivity (Wildman–Crippen MR) is 93.2 cm³/mol. The molecule has 0 saturated carbocycles. The van der Waals surface area contributed by atoms with Crippen LogP contribution in [0.25, 0.3) is 0 Å². The summed E-state index contributed by atoms with van der Waals surface area (Å²) < 4.78 is 14.3. The molecule has 0 radical (unpaired) electrons. The van der Waals surface area contributed by atoms with Crippen LogP contribution in [0.4, 0.5) is 4.39 Å². The molecule has 0 spiro atoms. The van der Waals surface area contributed by atoms with E-state index in [4.69, 9.17) is 0 Å². The summed E-state index contributed by atoms with van der Waals surface area (Å²) in [7, 11) is 1.85. The van der Waals surface area contributed by atoms with Crippen molar-refractivity contribution < 1.29 is 14.3 Å². The fourth-order valence-electron chi connectivity index (χ4n) is 3.13. The number of nitrogens with one attached hydrogen (secondary N) is 1. The monoisotopic (exact) mass is 360 g/mol. The lowest BCUT2D eigenvalue weighted by atomic mass is 10.0. The van der Waals surface area contributed by atoms with E-state index in [1.54, 1.807) is 12.1 Å². The highest BCUT2D eigenvalue weighted by atomic mass is 19.1. The number of nitrogens with zero attached hydrogens (tertiary/aromatic N) is 3. The maximum Gasteiger partial charge on any atom is 0.297 e. The van der Waals surface area contributed by atoms with E-state index in [1.165, 1.54) is 16.7 Å². The predicted octanol–water partition coefficient (Wildman–Crippen LogP) is 1.72. The van der Waals surface area contributed by atoms with Crippen molar-refractivity contribution in [3.8, 4) is 5.75 Å². The van der Waals surface area contributed by atoms with E-state index in [0.717, 1.165) is 0 Å². The molecular formula is C18H21FN4O3. The van der Waals surface area contributed by atoms with Crippen molar-refractivity contribution in [2.75, 3.05) is 7.05 Å². The van der Waals surface area contributed by atoms with Gasteiger partial charge in [-0.2, -0.15) is 0 Å². The smallest absolute Gasteiger partial charge is 0.297 e. The SMILES string of the molecule is CC1N(C)C(C)(C)c2nc(C(=O)NCc3ccc(F)cc3)c(O)c(=O)n21. The molecule has 2 heterocycles. The molecule has 2 N–H and O–H groups in total. The van der Waals surface area contributed by atoms with E-state index >= 15 is 0 Å². The molecule has 1 atom stereocenters. The van der Waals surface area contributed by atoms with Crippen molar-refractivity contribution in [3.05, 3.63) is 57.5 Å². The molecule has 0 aliphatic carbocycles. The molecule has 0 saturated heterocycles. The van der Waals surface area contributed by atoms with Crippen LogP contribution in [0, 0.1) is 5.82 Å². The van der Waals surface area contributed by atoms with Crippen molar-refractivity contribution in [1.29, 1.82) is 0 Å². The van der Waals surface area contributed by atoms with Gasteiger partial charge in [0.15, 0.2) is 5.69 Å². The molecule has 7 nitrogen and oxygen atoms in total. The van der Waals surface area contributed by atoms with Crippen LogP contribution in [0.2, 0.25) is 0 Å². The molecular weight excluding hydrogens is 339 g/mol. The van der Waals surface area contributed by atoms with Crippen molar-refractivity contribution in [2.45, 2.75) is 39.0 Å². The molecule has 0 bridgehead atoms. The van der Waals surface area contributed by atoms with Crippen molar-refractivity contribution in [3.63, 3.8) is 0 Å². The number of fused-ring (bicyclic) bond motifs is 1. The highest BCUT2D eigenvalue weighted by Gasteiger charge is 2.43. The molecule has 2 aromatic rings. The zero-order valence-corrected chi connectivity index (χ0v) is 15.1. The molecule has 1 aromatic heterocycles. The van der Waals surface area contributed by atoms with Crippen LogP contribution in [0.15, 0.2) is 29.1 Å². The van der Waals surface area contributed by atoms with Gasteiger partial charge in [-0.1, -0.05) is 12.1 Å². The lowest BCUT2D eigenvalue weighted by molar-refractivity contribution is 0.0941. The summed E-state index contributed by atoms with van der Waals surface area (Å²) in [6, 6.07) is 5.66. The number of hydrogen-bond donors (Lipinski definition) is 2. The topological polar surface area (TPSA) is 87.5 Å². The lowest BCUT2D eigenvalue weighted by Gasteiger charge is -2.28. The molecule has 0 fully saturated rings. The van der Waals surface area contributed by atoms with E-state index < -0.39 is 22.8 Å². The van der Waals surface area contributed by atoms with Gasteiger partial charge in [-0.15, -0.1) is 0 Å². The number of rotatable bonds is 3. The summed E-state index contributed by atoms with van der Waals surface area (Å²) in [6.45, 7) is 5.74. The Morgan fingerprint density at radius 3 is 2.58 bits per heavy atom. The lowest BCUT2D eigenvalue weighted by Crippen LogP contribution is -2.34. The molecule has 1 aromatic carbocycles. The van der Waals surface area contributed by atoms with E-state index in [-0.39, 0.29) is 24.2 Å². The molecule has 26 heavy (non-hydrogen) atoms. The standard InChI is InChI=1S/C18H21FN4O3/c1-10-22(4)18(2,3)17-21-13(14(24)16(26)23(10)17)15(25)20-9-11-5-7-12(19)8-6-11/h5-8,10,24H,9H2,1-4H3,(H,20,25). The summed E-state index contributed by atoms with van der Waals surface area (Å²) in [6.07, 6.45) is -0.290. The van der Waals surface area contributed by atoms with Crippen LogP contribution in [0.1, 0.15) is 48.8 Å². The first-order valence-electron chi connectivity index (χ1n) is 8.26. The molecule has 8 heteroatoms. The van der Waals surface area contributed by atoms with Crippen LogP contribution in [0.3, 0.4) is 0 Å². The minimum Gasteiger partial charge on any atom is -0.501 e. The fraction of sp³-hybridized carbons (Fsp3) is 0.389. The summed E-state index contributed by atoms with van der Waals surface area (Å²) in [5.41, 5.74) is -0.838. The Morgan fingerprint density at radius 2 is 1.96 bits per heavy atom. The van der Waals surface area contributed by atoms with Gasteiger partial charge in [-0.25, -0.2) is 9.37 Å². The average molecular weight is 360 g/mol. The molecule has 3 rings (SSSR count). The summed E-state index contributed by atoms with van der Waals surface area (Å²) in [4.78, 5) is 31.3. The Bertz CT molecular complexity index is 921. The minimum atomic E-state index is -0.677. The van der Waals surface area contributed by atoms with Crippen LogP contribution in [0.5, 0.6) is 5.75 Å². The van der Waals surface area contributed by atoms with E-state index in [9.17, 15) is 19.1 Å². The quantitative estimate of drug-likeness (QED) is 0.870. The number of carbonyl (C=O) groups is 1. The molecule has 1 amide bonds. The fourth-order valence-corrected chi connectivity index (χ4v) is 3.13. The van der Waals surface area contributed by atoms with Crippen molar-refractivity contribution in [2.24, 2.45) is 0 Å². The van der Waals surface area contributed by atoms with Gasteiger partial charge in [0.1, 0.15) is 11.6 Å². The molecule has 138 valence electrons. The van der Waals surface area contributed by atoms with Gasteiger partial charge in [0, 0.05) is 6.54 Å². The van der Waals surface area contributed by atoms with Crippen molar-refractivity contribution in [1.82, 2.24) is 19.8 Å². The summed E-state index contributed by atoms with van der Waals surface area (Å²) >= 11 is 0. The van der Waals surface area contributed by atoms with Gasteiger partial charge in [-0.3, -0.25) is 19.1 Å². The second-order valence-corrected chi connectivity index (χ2v) is 6.92. The van der Waals surface area contributed by atoms with Crippen LogP contribution in [-0.2, 0) is 12.1 Å². The first-order valence-corrected chi connectivity index (χ1v) is 8.26. The summed E-state index contributed by atoms with van der Waals surface area (Å²) in [5, 5.41) is 12.8. The number of carbonyl (C=O) groups excluding carboxylic acids is 1. The second kappa shape index (κ2) is 6.21. The zero-order chi connectivity index (χ0) is 19.2. The van der Waals surface area contributed by atoms with Crippen LogP contribution >= 0.6 is 0 Å². The Hall–Kier alpha value is -2.74. The Balaban J connectivity index is 1.93. The number of aromatic nitrogens is 2. The van der Waals surface area contributed by atoms with Gasteiger partial charge < -0.3 is 10.4 Å². The maximum absolute atomic E-state index is 12.9. The van der Waals surface area contributed by atoms with E-state index in [0.29, 0.717) is 11.4 Å². The molecule has 1 unspecified atom stereocenters. The van der Waals surface area contributed by atoms with Gasteiger partial charge in [0.2, 0.25) is 5.75 Å². The molecule has 1 aliphatic rings. The van der Waals surface area contributed by atoms with E-state index in [1.807, 2.05) is 32.7 Å². The average Bonchev–Trinajstić information content (AvgIpc) is 2.77. The highest BCUT2D eigenvalue weighted by molar-refractivity contribution is 5.94. The minimum absolute atomic E-state index is 0.123. The number of hydrogen-bond acceptors (Lipinski definition) is 5. The molecule has 1 aliphatic heterocycles. The largest absolute Gasteiger partial charge is 0.501 e. The third kappa shape index (κ3) is 2.76. The third-order valence-corrected chi connectivity index (χ3v) is 5.04. The van der Waals surface area contributed by atoms with Gasteiger partial charge in [0.05, 0.1) is 11.7 Å². The van der Waals surface area contributed by atoms with Crippen molar-refractivity contribution >= 4 is 5.91 Å². The Kier molecular flexibility index (Phi) is 4.31. The van der Waals surface area contributed by atoms with Gasteiger partial charge in [0.25, 0.3) is 11.5 Å². The number of benzene rings is 1. The van der Waals surface area contributed by atoms with Gasteiger partial charge >= 0.3 is 0 Å². The first-order chi connectivity index (χ1) is 12.1. The Labute approximate surface area is 150 Å². The second-order valence-electron chi connectivity index (χ2n) is 6.92. The number of aromatic hydroxyl groups is 1. The maximum atomic E-state index is 12.9. The Morgan fingerprint density at radius 1 is 1.35 bits per heavy atom. The zero-order valence-electron chi connectivity index (χ0n) is 15.1. The summed E-state index contributed by atoms with van der Waals surface area (Å²) in [5.74, 6) is -1.29. The first kappa shape index (κ1) is 18.1. The van der Waals surface area contributed by atoms with Gasteiger partial charge in [-0.05, 0) is 45.5 Å². The van der Waals surface area contributed by atoms with Crippen LogP contribution < -0.4 is 10.9 Å². The third-order valence-electron chi connectivity index (χ3n) is 5.04. The van der Waals surface area contributed by atoms with Crippen LogP contribution in [-0.4, -0.2) is 32.5 Å². The number of halogens is 1. The normalized spacial score (nSPS) is 18.6.